The van der Waals surface area contributed by atoms with Crippen LogP contribution in [0.4, 0.5) is 8.63 Å². The third-order valence-corrected chi connectivity index (χ3v) is 9.00. The number of carbonyl (C=O) groups is 2. The maximum atomic E-state index is 15.2. The molecular formula is C38H54BF2N2O11. The summed E-state index contributed by atoms with van der Waals surface area (Å²) in [6.45, 7) is 13.3. The van der Waals surface area contributed by atoms with Gasteiger partial charge in [-0.15, -0.1) is 0 Å². The number of phenolic OH excluding ortho intramolecular Hbond substituents is 1. The lowest BCUT2D eigenvalue weighted by atomic mass is 9.87. The van der Waals surface area contributed by atoms with Gasteiger partial charge in [0.05, 0.1) is 82.9 Å². The Labute approximate surface area is 316 Å². The molecule has 54 heavy (non-hydrogen) atoms. The molecule has 0 saturated heterocycles. The third kappa shape index (κ3) is 11.1. The van der Waals surface area contributed by atoms with Crippen molar-refractivity contribution in [1.29, 1.82) is 0 Å². The van der Waals surface area contributed by atoms with Crippen LogP contribution in [-0.4, -0.2) is 133 Å². The molecule has 0 bridgehead atoms. The van der Waals surface area contributed by atoms with Crippen molar-refractivity contribution in [3.8, 4) is 5.75 Å². The number of methoxy groups -OCH3 is 2. The number of hydrogen-bond donors (Lipinski definition) is 1. The van der Waals surface area contributed by atoms with E-state index in [1.165, 1.54) is 6.92 Å². The number of ether oxygens (including phenoxy) is 8. The number of halogens is 2. The molecule has 2 aromatic rings. The third-order valence-electron chi connectivity index (χ3n) is 9.00. The lowest BCUT2D eigenvalue weighted by Gasteiger charge is -2.21. The Morgan fingerprint density at radius 1 is 0.704 bits per heavy atom. The largest absolute Gasteiger partial charge is 0.609 e. The first kappa shape index (κ1) is 44.5. The second kappa shape index (κ2) is 21.8. The van der Waals surface area contributed by atoms with Crippen LogP contribution in [0.1, 0.15) is 57.8 Å². The first-order chi connectivity index (χ1) is 25.8. The normalized spacial score (nSPS) is 14.1. The van der Waals surface area contributed by atoms with Crippen LogP contribution in [0, 0.1) is 27.7 Å². The molecule has 0 fully saturated rings. The number of aromatic hydroxyl groups is 1. The van der Waals surface area contributed by atoms with Gasteiger partial charge in [-0.05, 0) is 69.0 Å². The predicted molar refractivity (Wildman–Crippen MR) is 198 cm³/mol. The molecule has 3 rings (SSSR count). The lowest BCUT2D eigenvalue weighted by molar-refractivity contribution is -0.343. The van der Waals surface area contributed by atoms with Gasteiger partial charge in [0.2, 0.25) is 0 Å². The number of hydrogen-bond acceptors (Lipinski definition) is 11. The van der Waals surface area contributed by atoms with Crippen LogP contribution >= 0.6 is 0 Å². The highest BCUT2D eigenvalue weighted by Crippen LogP contribution is 2.42. The van der Waals surface area contributed by atoms with E-state index in [1.807, 2.05) is 0 Å². The number of rotatable bonds is 23. The molecule has 1 aromatic heterocycles. The molecule has 13 nitrogen and oxygen atoms in total. The number of aromatic nitrogens is 1. The van der Waals surface area contributed by atoms with Gasteiger partial charge in [-0.3, -0.25) is 0 Å². The van der Waals surface area contributed by atoms with E-state index in [0.717, 1.165) is 4.49 Å². The molecule has 0 saturated carbocycles. The summed E-state index contributed by atoms with van der Waals surface area (Å²) in [7, 11) is 1.85. The fraction of sp³-hybridized carbons (Fsp3) is 0.553. The van der Waals surface area contributed by atoms with Crippen LogP contribution in [0.2, 0.25) is 0 Å². The molecule has 2 heterocycles. The molecule has 16 heteroatoms. The summed E-state index contributed by atoms with van der Waals surface area (Å²) in [6, 6.07) is 3.09. The minimum absolute atomic E-state index is 0.00563. The highest BCUT2D eigenvalue weighted by Gasteiger charge is 2.41. The molecule has 1 N–H and O–H groups in total. The molecule has 1 aliphatic heterocycles. The van der Waals surface area contributed by atoms with E-state index in [9.17, 15) is 14.7 Å². The Balaban J connectivity index is 2.04. The number of aryl methyl sites for hydroxylation is 2. The van der Waals surface area contributed by atoms with Crippen LogP contribution in [0.5, 0.6) is 5.75 Å². The predicted octanol–water partition coefficient (Wildman–Crippen LogP) is 4.51. The van der Waals surface area contributed by atoms with E-state index in [2.05, 4.69) is 0 Å². The van der Waals surface area contributed by atoms with Gasteiger partial charge in [0.1, 0.15) is 30.2 Å². The fourth-order valence-corrected chi connectivity index (χ4v) is 6.49. The van der Waals surface area contributed by atoms with E-state index in [4.69, 9.17) is 37.9 Å². The van der Waals surface area contributed by atoms with Gasteiger partial charge in [-0.1, -0.05) is 0 Å². The van der Waals surface area contributed by atoms with Crippen molar-refractivity contribution in [2.75, 3.05) is 93.5 Å². The van der Waals surface area contributed by atoms with Crippen molar-refractivity contribution in [3.05, 3.63) is 68.2 Å². The maximum Gasteiger partial charge on any atom is 0.609 e. The Morgan fingerprint density at radius 3 is 1.61 bits per heavy atom. The first-order valence-electron chi connectivity index (χ1n) is 17.8. The van der Waals surface area contributed by atoms with Gasteiger partial charge in [0.25, 0.3) is 0 Å². The van der Waals surface area contributed by atoms with Crippen LogP contribution in [0.3, 0.4) is 0 Å². The van der Waals surface area contributed by atoms with Gasteiger partial charge in [0.15, 0.2) is 5.70 Å². The second-order valence-corrected chi connectivity index (χ2v) is 12.6. The molecule has 1 aliphatic rings. The molecular weight excluding hydrogens is 709 g/mol. The monoisotopic (exact) mass is 763 g/mol. The number of esters is 2. The molecule has 0 unspecified atom stereocenters. The Hall–Kier alpha value is -3.93. The van der Waals surface area contributed by atoms with E-state index in [-0.39, 0.29) is 66.9 Å². The second-order valence-electron chi connectivity index (χ2n) is 12.6. The Kier molecular flexibility index (Phi) is 18.0. The molecule has 299 valence electrons. The number of phenols is 1. The topological polar surface area (TPSA) is 136 Å². The van der Waals surface area contributed by atoms with Gasteiger partial charge in [-0.2, -0.15) is 0 Å². The quantitative estimate of drug-likeness (QED) is 0.0974. The van der Waals surface area contributed by atoms with Crippen molar-refractivity contribution in [1.82, 2.24) is 4.57 Å². The fourth-order valence-electron chi connectivity index (χ4n) is 6.49. The van der Waals surface area contributed by atoms with Crippen molar-refractivity contribution < 1.29 is 65.7 Å². The summed E-state index contributed by atoms with van der Waals surface area (Å²) in [5.74, 6) is -1.38. The standard InChI is InChI=1S/C38H53BF2N2O11/c1-24-22-30(44)23-25(2)31(24)34(35-26(3)32(28(5)42(35)7)37(45)53-20-18-51-16-14-49-12-10-47-8)36-27(4)33(29(6)43(36)39(40)41)38(46)54-21-19-52-17-15-50-13-11-48-9/h22-23H,10-21H2,1-9H3/q-1/p+1. The van der Waals surface area contributed by atoms with E-state index >= 15 is 8.63 Å². The summed E-state index contributed by atoms with van der Waals surface area (Å²) >= 11 is 0. The van der Waals surface area contributed by atoms with Crippen molar-refractivity contribution in [2.45, 2.75) is 41.5 Å². The van der Waals surface area contributed by atoms with E-state index in [0.29, 0.717) is 85.5 Å². The van der Waals surface area contributed by atoms with Gasteiger partial charge < -0.3 is 60.7 Å². The van der Waals surface area contributed by atoms with Crippen molar-refractivity contribution in [3.63, 3.8) is 0 Å². The average molecular weight is 764 g/mol. The SMILES string of the molecule is COCCOCCOCCOC(=O)C1=C(C)/C(=C(\c2c(C)cc(O)cc2C)c2c(C)c(C(=O)OCCOCCOCCOC)c(C)n2C)[N+]([B-](F)F)=C1C. The summed E-state index contributed by atoms with van der Waals surface area (Å²) in [5, 5.41) is 10.5. The molecule has 1 aromatic carbocycles. The highest BCUT2D eigenvalue weighted by atomic mass is 19.2. The zero-order valence-electron chi connectivity index (χ0n) is 32.9. The molecule has 0 aliphatic carbocycles. The lowest BCUT2D eigenvalue weighted by Crippen LogP contribution is -2.27. The number of allylic oxidation sites excluding steroid dienone is 1. The van der Waals surface area contributed by atoms with E-state index < -0.39 is 19.3 Å². The highest BCUT2D eigenvalue weighted by molar-refractivity contribution is 6.37. The minimum Gasteiger partial charge on any atom is -0.508 e. The van der Waals surface area contributed by atoms with Crippen LogP contribution in [0.25, 0.3) is 5.57 Å². The summed E-state index contributed by atoms with van der Waals surface area (Å²) < 4.78 is 75.7. The Morgan fingerprint density at radius 2 is 1.15 bits per heavy atom. The number of carbonyl (C=O) groups excluding carboxylic acids is 2. The molecule has 1 radical (unpaired) electrons. The maximum absolute atomic E-state index is 15.2. The molecule has 0 amide bonds. The first-order valence-corrected chi connectivity index (χ1v) is 17.8. The van der Waals surface area contributed by atoms with Crippen LogP contribution in [0.15, 0.2) is 29.0 Å². The van der Waals surface area contributed by atoms with Gasteiger partial charge in [-0.25, -0.2) is 9.59 Å². The van der Waals surface area contributed by atoms with E-state index in [1.54, 1.807) is 72.6 Å². The van der Waals surface area contributed by atoms with Crippen molar-refractivity contribution >= 4 is 30.6 Å². The van der Waals surface area contributed by atoms with Crippen molar-refractivity contribution in [2.24, 2.45) is 7.05 Å². The number of nitrogens with zero attached hydrogens (tertiary/aromatic N) is 2. The zero-order valence-corrected chi connectivity index (χ0v) is 32.9. The Bertz CT molecular complexity index is 1700. The minimum atomic E-state index is -3.05. The smallest absolute Gasteiger partial charge is 0.508 e. The van der Waals surface area contributed by atoms with Crippen LogP contribution < -0.4 is 0 Å². The average Bonchev–Trinajstić information content (AvgIpc) is 3.50. The molecule has 0 spiro atoms. The number of benzene rings is 1. The molecule has 0 atom stereocenters. The summed E-state index contributed by atoms with van der Waals surface area (Å²) in [4.78, 5) is 27.1. The summed E-state index contributed by atoms with van der Waals surface area (Å²) in [6.07, 6.45) is 0. The van der Waals surface area contributed by atoms with Gasteiger partial charge >= 0.3 is 19.3 Å². The van der Waals surface area contributed by atoms with Crippen LogP contribution in [-0.2, 0) is 49.7 Å². The zero-order chi connectivity index (χ0) is 39.9. The van der Waals surface area contributed by atoms with Gasteiger partial charge in [0, 0.05) is 39.5 Å². The summed E-state index contributed by atoms with van der Waals surface area (Å²) in [5.41, 5.74) is 4.20.